The van der Waals surface area contributed by atoms with Gasteiger partial charge in [0, 0.05) is 38.9 Å². The molecule has 0 radical (unpaired) electrons. The topological polar surface area (TPSA) is 24.5 Å². The van der Waals surface area contributed by atoms with Crippen LogP contribution in [0.2, 0.25) is 0 Å². The molecule has 0 saturated carbocycles. The van der Waals surface area contributed by atoms with Gasteiger partial charge in [-0.2, -0.15) is 0 Å². The van der Waals surface area contributed by atoms with Crippen LogP contribution in [0.25, 0.3) is 0 Å². The first kappa shape index (κ1) is 15.0. The van der Waals surface area contributed by atoms with Crippen LogP contribution in [0.4, 0.5) is 8.78 Å². The Hall–Kier alpha value is -1.04. The number of methoxy groups -OCH3 is 1. The fourth-order valence-electron chi connectivity index (χ4n) is 1.60. The van der Waals surface area contributed by atoms with Crippen molar-refractivity contribution in [2.45, 2.75) is 6.54 Å². The molecule has 0 aliphatic heterocycles. The smallest absolute Gasteiger partial charge is 0.127 e. The maximum atomic E-state index is 13.4. The molecular weight excluding hydrogens is 238 g/mol. The number of hydrogen-bond donors (Lipinski definition) is 1. The van der Waals surface area contributed by atoms with Crippen LogP contribution in [0.3, 0.4) is 0 Å². The SMILES string of the molecule is COCCNCCN(C)Cc1cc(F)ccc1F. The summed E-state index contributed by atoms with van der Waals surface area (Å²) >= 11 is 0. The number of nitrogens with zero attached hydrogens (tertiary/aromatic N) is 1. The van der Waals surface area contributed by atoms with Crippen molar-refractivity contribution in [2.24, 2.45) is 0 Å². The van der Waals surface area contributed by atoms with E-state index in [1.807, 2.05) is 11.9 Å². The van der Waals surface area contributed by atoms with Crippen molar-refractivity contribution in [1.82, 2.24) is 10.2 Å². The van der Waals surface area contributed by atoms with Crippen molar-refractivity contribution in [3.63, 3.8) is 0 Å². The molecule has 0 aliphatic rings. The van der Waals surface area contributed by atoms with Crippen molar-refractivity contribution in [3.8, 4) is 0 Å². The van der Waals surface area contributed by atoms with E-state index in [1.54, 1.807) is 7.11 Å². The first-order valence-electron chi connectivity index (χ1n) is 5.95. The van der Waals surface area contributed by atoms with Gasteiger partial charge in [-0.05, 0) is 25.2 Å². The molecule has 3 nitrogen and oxygen atoms in total. The van der Waals surface area contributed by atoms with Gasteiger partial charge in [0.1, 0.15) is 11.6 Å². The number of nitrogens with one attached hydrogen (secondary N) is 1. The molecule has 5 heteroatoms. The highest BCUT2D eigenvalue weighted by atomic mass is 19.1. The van der Waals surface area contributed by atoms with E-state index in [1.165, 1.54) is 6.07 Å². The second-order valence-electron chi connectivity index (χ2n) is 4.22. The van der Waals surface area contributed by atoms with Crippen LogP contribution < -0.4 is 5.32 Å². The summed E-state index contributed by atoms with van der Waals surface area (Å²) in [5.41, 5.74) is 0.384. The highest BCUT2D eigenvalue weighted by Crippen LogP contribution is 2.11. The van der Waals surface area contributed by atoms with E-state index in [0.29, 0.717) is 18.7 Å². The maximum Gasteiger partial charge on any atom is 0.127 e. The van der Waals surface area contributed by atoms with Gasteiger partial charge >= 0.3 is 0 Å². The molecule has 1 aromatic rings. The summed E-state index contributed by atoms with van der Waals surface area (Å²) in [5.74, 6) is -0.770. The van der Waals surface area contributed by atoms with Crippen LogP contribution >= 0.6 is 0 Å². The molecule has 1 aromatic carbocycles. The molecule has 0 spiro atoms. The molecule has 0 aliphatic carbocycles. The lowest BCUT2D eigenvalue weighted by molar-refractivity contribution is 0.197. The third kappa shape index (κ3) is 5.53. The van der Waals surface area contributed by atoms with E-state index < -0.39 is 5.82 Å². The Morgan fingerprint density at radius 3 is 2.78 bits per heavy atom. The molecule has 0 unspecified atom stereocenters. The summed E-state index contributed by atoms with van der Waals surface area (Å²) in [6.07, 6.45) is 0. The molecule has 0 amide bonds. The Labute approximate surface area is 107 Å². The highest BCUT2D eigenvalue weighted by molar-refractivity contribution is 5.18. The Morgan fingerprint density at radius 2 is 2.06 bits per heavy atom. The number of halogens is 2. The van der Waals surface area contributed by atoms with Crippen molar-refractivity contribution in [3.05, 3.63) is 35.4 Å². The molecule has 18 heavy (non-hydrogen) atoms. The van der Waals surface area contributed by atoms with E-state index in [4.69, 9.17) is 4.74 Å². The van der Waals surface area contributed by atoms with Crippen molar-refractivity contribution in [1.29, 1.82) is 0 Å². The average Bonchev–Trinajstić information content (AvgIpc) is 2.33. The minimum absolute atomic E-state index is 0.365. The number of rotatable bonds is 8. The van der Waals surface area contributed by atoms with Gasteiger partial charge in [0.2, 0.25) is 0 Å². The number of hydrogen-bond acceptors (Lipinski definition) is 3. The average molecular weight is 258 g/mol. The number of likely N-dealkylation sites (N-methyl/N-ethyl adjacent to an activating group) is 1. The predicted octanol–water partition coefficient (Wildman–Crippen LogP) is 1.63. The summed E-state index contributed by atoms with van der Waals surface area (Å²) < 4.78 is 31.3. The zero-order valence-electron chi connectivity index (χ0n) is 10.9. The minimum atomic E-state index is -0.405. The van der Waals surface area contributed by atoms with Gasteiger partial charge in [0.05, 0.1) is 6.61 Å². The van der Waals surface area contributed by atoms with E-state index in [-0.39, 0.29) is 5.82 Å². The van der Waals surface area contributed by atoms with Crippen LogP contribution in [0.15, 0.2) is 18.2 Å². The lowest BCUT2D eigenvalue weighted by Gasteiger charge is -2.17. The first-order valence-corrected chi connectivity index (χ1v) is 5.95. The Kier molecular flexibility index (Phi) is 6.78. The van der Waals surface area contributed by atoms with E-state index >= 15 is 0 Å². The quantitative estimate of drug-likeness (QED) is 0.717. The van der Waals surface area contributed by atoms with Gasteiger partial charge in [-0.3, -0.25) is 0 Å². The largest absolute Gasteiger partial charge is 0.383 e. The van der Waals surface area contributed by atoms with Crippen LogP contribution in [-0.4, -0.2) is 45.3 Å². The fourth-order valence-corrected chi connectivity index (χ4v) is 1.60. The minimum Gasteiger partial charge on any atom is -0.383 e. The second kappa shape index (κ2) is 8.13. The molecular formula is C13H20F2N2O. The Bertz CT molecular complexity index is 361. The third-order valence-corrected chi connectivity index (χ3v) is 2.60. The molecule has 102 valence electrons. The summed E-state index contributed by atoms with van der Waals surface area (Å²) in [4.78, 5) is 1.94. The van der Waals surface area contributed by atoms with Crippen LogP contribution in [-0.2, 0) is 11.3 Å². The fraction of sp³-hybridized carbons (Fsp3) is 0.538. The molecule has 0 fully saturated rings. The van der Waals surface area contributed by atoms with Gasteiger partial charge in [-0.15, -0.1) is 0 Å². The van der Waals surface area contributed by atoms with Crippen molar-refractivity contribution < 1.29 is 13.5 Å². The summed E-state index contributed by atoms with van der Waals surface area (Å²) in [5, 5.41) is 3.19. The second-order valence-corrected chi connectivity index (χ2v) is 4.22. The van der Waals surface area contributed by atoms with E-state index in [9.17, 15) is 8.78 Å². The standard InChI is InChI=1S/C13H20F2N2O/c1-17(7-5-16-6-8-18-2)10-11-9-12(14)3-4-13(11)15/h3-4,9,16H,5-8,10H2,1-2H3. The maximum absolute atomic E-state index is 13.4. The summed E-state index contributed by atoms with van der Waals surface area (Å²) in [6.45, 7) is 3.41. The summed E-state index contributed by atoms with van der Waals surface area (Å²) in [6, 6.07) is 3.53. The molecule has 1 rings (SSSR count). The van der Waals surface area contributed by atoms with E-state index in [2.05, 4.69) is 5.32 Å². The molecule has 0 atom stereocenters. The third-order valence-electron chi connectivity index (χ3n) is 2.60. The monoisotopic (exact) mass is 258 g/mol. The molecule has 1 N–H and O–H groups in total. The van der Waals surface area contributed by atoms with Gasteiger partial charge in [-0.1, -0.05) is 0 Å². The number of benzene rings is 1. The lowest BCUT2D eigenvalue weighted by atomic mass is 10.2. The van der Waals surface area contributed by atoms with Gasteiger partial charge < -0.3 is 15.0 Å². The normalized spacial score (nSPS) is 11.2. The van der Waals surface area contributed by atoms with Crippen LogP contribution in [0.1, 0.15) is 5.56 Å². The molecule has 0 bridgehead atoms. The molecule has 0 heterocycles. The van der Waals surface area contributed by atoms with E-state index in [0.717, 1.165) is 31.8 Å². The van der Waals surface area contributed by atoms with Gasteiger partial charge in [0.25, 0.3) is 0 Å². The lowest BCUT2D eigenvalue weighted by Crippen LogP contribution is -2.30. The zero-order valence-corrected chi connectivity index (χ0v) is 10.9. The van der Waals surface area contributed by atoms with Gasteiger partial charge in [-0.25, -0.2) is 8.78 Å². The van der Waals surface area contributed by atoms with Crippen LogP contribution in [0, 0.1) is 11.6 Å². The summed E-state index contributed by atoms with van der Waals surface area (Å²) in [7, 11) is 3.53. The zero-order chi connectivity index (χ0) is 13.4. The number of ether oxygens (including phenoxy) is 1. The van der Waals surface area contributed by atoms with Gasteiger partial charge in [0.15, 0.2) is 0 Å². The van der Waals surface area contributed by atoms with Crippen molar-refractivity contribution in [2.75, 3.05) is 40.4 Å². The van der Waals surface area contributed by atoms with Crippen LogP contribution in [0.5, 0.6) is 0 Å². The first-order chi connectivity index (χ1) is 8.63. The highest BCUT2D eigenvalue weighted by Gasteiger charge is 2.06. The molecule has 0 aromatic heterocycles. The predicted molar refractivity (Wildman–Crippen MR) is 67.4 cm³/mol. The van der Waals surface area contributed by atoms with Crippen molar-refractivity contribution >= 4 is 0 Å². The Morgan fingerprint density at radius 1 is 1.28 bits per heavy atom. The molecule has 0 saturated heterocycles. The Balaban J connectivity index is 2.30.